The van der Waals surface area contributed by atoms with Crippen LogP contribution in [0.5, 0.6) is 0 Å². The monoisotopic (exact) mass is 657 g/mol. The molecule has 3 rings (SSSR count). The van der Waals surface area contributed by atoms with Crippen LogP contribution in [0.4, 0.5) is 5.69 Å². The summed E-state index contributed by atoms with van der Waals surface area (Å²) in [6, 6.07) is 14.2. The summed E-state index contributed by atoms with van der Waals surface area (Å²) in [7, 11) is -4.26. The van der Waals surface area contributed by atoms with Gasteiger partial charge in [0.2, 0.25) is 11.8 Å². The maximum Gasteiger partial charge on any atom is 0.264 e. The predicted octanol–water partition coefficient (Wildman–Crippen LogP) is 7.14. The standard InChI is InChI=1S/C29H31Cl4N3O4S/c1-5-19(3)34-29(38)20(4)35(16-21-8-9-22(30)15-27(21)33)28(37)17-36(25-13-23(31)12-24(32)14-25)41(39,40)26-10-6-18(2)7-11-26/h6-15,19-20H,5,16-17H2,1-4H3,(H,34,38). The van der Waals surface area contributed by atoms with Crippen molar-refractivity contribution < 1.29 is 18.0 Å². The van der Waals surface area contributed by atoms with E-state index in [0.717, 1.165) is 9.87 Å². The third-order valence-corrected chi connectivity index (χ3v) is 9.36. The molecule has 2 atom stereocenters. The second-order valence-corrected chi connectivity index (χ2v) is 13.3. The van der Waals surface area contributed by atoms with Gasteiger partial charge in [0.25, 0.3) is 10.0 Å². The Hall–Kier alpha value is -2.49. The van der Waals surface area contributed by atoms with E-state index in [0.29, 0.717) is 22.0 Å². The van der Waals surface area contributed by atoms with Gasteiger partial charge in [-0.2, -0.15) is 0 Å². The fourth-order valence-corrected chi connectivity index (χ4v) is 6.31. The molecule has 2 amide bonds. The molecule has 1 N–H and O–H groups in total. The van der Waals surface area contributed by atoms with Crippen LogP contribution in [0.15, 0.2) is 65.6 Å². The summed E-state index contributed by atoms with van der Waals surface area (Å²) in [5.41, 5.74) is 1.49. The van der Waals surface area contributed by atoms with Crippen LogP contribution >= 0.6 is 46.4 Å². The molecular formula is C29H31Cl4N3O4S. The maximum absolute atomic E-state index is 14.0. The number of sulfonamides is 1. The SMILES string of the molecule is CCC(C)NC(=O)C(C)N(Cc1ccc(Cl)cc1Cl)C(=O)CN(c1cc(Cl)cc(Cl)c1)S(=O)(=O)c1ccc(C)cc1. The van der Waals surface area contributed by atoms with Gasteiger partial charge in [-0.25, -0.2) is 8.42 Å². The lowest BCUT2D eigenvalue weighted by molar-refractivity contribution is -0.139. The van der Waals surface area contributed by atoms with E-state index in [1.54, 1.807) is 31.2 Å². The average Bonchev–Trinajstić information content (AvgIpc) is 2.90. The summed E-state index contributed by atoms with van der Waals surface area (Å²) >= 11 is 24.9. The summed E-state index contributed by atoms with van der Waals surface area (Å²) < 4.78 is 28.8. The van der Waals surface area contributed by atoms with Crippen molar-refractivity contribution in [2.75, 3.05) is 10.8 Å². The fraction of sp³-hybridized carbons (Fsp3) is 0.310. The highest BCUT2D eigenvalue weighted by Crippen LogP contribution is 2.31. The van der Waals surface area contributed by atoms with E-state index in [1.807, 2.05) is 20.8 Å². The number of rotatable bonds is 11. The number of aryl methyl sites for hydroxylation is 1. The second kappa shape index (κ2) is 14.1. The third kappa shape index (κ3) is 8.52. The Kier molecular flexibility index (Phi) is 11.4. The molecule has 0 saturated heterocycles. The van der Waals surface area contributed by atoms with E-state index in [-0.39, 0.29) is 33.2 Å². The Morgan fingerprint density at radius 1 is 0.878 bits per heavy atom. The van der Waals surface area contributed by atoms with E-state index in [9.17, 15) is 18.0 Å². The fourth-order valence-electron chi connectivity index (χ4n) is 3.93. The van der Waals surface area contributed by atoms with E-state index in [1.165, 1.54) is 41.3 Å². The second-order valence-electron chi connectivity index (χ2n) is 9.70. The van der Waals surface area contributed by atoms with Crippen LogP contribution in [-0.4, -0.2) is 43.8 Å². The number of nitrogens with zero attached hydrogens (tertiary/aromatic N) is 2. The zero-order valence-electron chi connectivity index (χ0n) is 23.0. The predicted molar refractivity (Wildman–Crippen MR) is 167 cm³/mol. The number of hydrogen-bond acceptors (Lipinski definition) is 4. The lowest BCUT2D eigenvalue weighted by atomic mass is 10.1. The zero-order valence-corrected chi connectivity index (χ0v) is 26.8. The summed E-state index contributed by atoms with van der Waals surface area (Å²) in [5.74, 6) is -1.04. The summed E-state index contributed by atoms with van der Waals surface area (Å²) in [5, 5.41) is 3.97. The minimum Gasteiger partial charge on any atom is -0.352 e. The molecule has 0 heterocycles. The van der Waals surface area contributed by atoms with Gasteiger partial charge in [-0.05, 0) is 75.2 Å². The number of halogens is 4. The Balaban J connectivity index is 2.08. The number of amides is 2. The molecule has 2 unspecified atom stereocenters. The number of nitrogens with one attached hydrogen (secondary N) is 1. The molecule has 41 heavy (non-hydrogen) atoms. The minimum absolute atomic E-state index is 0.0261. The van der Waals surface area contributed by atoms with Crippen LogP contribution in [0.2, 0.25) is 20.1 Å². The molecule has 0 aromatic heterocycles. The van der Waals surface area contributed by atoms with Crippen molar-refractivity contribution >= 4 is 73.9 Å². The molecule has 0 aliphatic heterocycles. The van der Waals surface area contributed by atoms with E-state index in [2.05, 4.69) is 5.32 Å². The quantitative estimate of drug-likeness (QED) is 0.237. The number of carbonyl (C=O) groups excluding carboxylic acids is 2. The molecule has 0 radical (unpaired) electrons. The molecule has 0 bridgehead atoms. The minimum atomic E-state index is -4.26. The maximum atomic E-state index is 14.0. The molecule has 12 heteroatoms. The van der Waals surface area contributed by atoms with Crippen molar-refractivity contribution in [2.45, 2.75) is 57.6 Å². The Bertz CT molecular complexity index is 1500. The largest absolute Gasteiger partial charge is 0.352 e. The van der Waals surface area contributed by atoms with Gasteiger partial charge in [-0.3, -0.25) is 13.9 Å². The van der Waals surface area contributed by atoms with Gasteiger partial charge in [-0.15, -0.1) is 0 Å². The number of benzene rings is 3. The number of anilines is 1. The highest BCUT2D eigenvalue weighted by atomic mass is 35.5. The topological polar surface area (TPSA) is 86.8 Å². The molecule has 3 aromatic rings. The number of hydrogen-bond donors (Lipinski definition) is 1. The van der Waals surface area contributed by atoms with Crippen LogP contribution in [0.3, 0.4) is 0 Å². The van der Waals surface area contributed by atoms with Gasteiger partial charge >= 0.3 is 0 Å². The summed E-state index contributed by atoms with van der Waals surface area (Å²) in [4.78, 5) is 28.4. The molecule has 0 aliphatic carbocycles. The first-order valence-electron chi connectivity index (χ1n) is 12.8. The molecule has 0 aliphatic rings. The van der Waals surface area contributed by atoms with E-state index >= 15 is 0 Å². The van der Waals surface area contributed by atoms with Crippen LogP contribution < -0.4 is 9.62 Å². The highest BCUT2D eigenvalue weighted by molar-refractivity contribution is 7.92. The smallest absolute Gasteiger partial charge is 0.264 e. The Morgan fingerprint density at radius 2 is 1.49 bits per heavy atom. The zero-order chi connectivity index (χ0) is 30.5. The summed E-state index contributed by atoms with van der Waals surface area (Å²) in [6.07, 6.45) is 0.688. The van der Waals surface area contributed by atoms with Gasteiger partial charge in [0.1, 0.15) is 12.6 Å². The third-order valence-electron chi connectivity index (χ3n) is 6.55. The Morgan fingerprint density at radius 3 is 2.05 bits per heavy atom. The molecule has 3 aromatic carbocycles. The van der Waals surface area contributed by atoms with Crippen LogP contribution in [-0.2, 0) is 26.2 Å². The molecule has 7 nitrogen and oxygen atoms in total. The van der Waals surface area contributed by atoms with Gasteiger partial charge in [-0.1, -0.05) is 77.1 Å². The van der Waals surface area contributed by atoms with Gasteiger partial charge in [0, 0.05) is 32.7 Å². The highest BCUT2D eigenvalue weighted by Gasteiger charge is 2.33. The molecular weight excluding hydrogens is 628 g/mol. The van der Waals surface area contributed by atoms with E-state index in [4.69, 9.17) is 46.4 Å². The lowest BCUT2D eigenvalue weighted by Gasteiger charge is -2.32. The summed E-state index contributed by atoms with van der Waals surface area (Å²) in [6.45, 7) is 6.48. The molecule has 0 saturated carbocycles. The normalized spacial score (nSPS) is 12.9. The van der Waals surface area contributed by atoms with Crippen molar-refractivity contribution in [1.82, 2.24) is 10.2 Å². The van der Waals surface area contributed by atoms with Gasteiger partial charge < -0.3 is 10.2 Å². The van der Waals surface area contributed by atoms with Crippen molar-refractivity contribution in [3.63, 3.8) is 0 Å². The van der Waals surface area contributed by atoms with Crippen molar-refractivity contribution in [2.24, 2.45) is 0 Å². The van der Waals surface area contributed by atoms with Crippen LogP contribution in [0, 0.1) is 6.92 Å². The van der Waals surface area contributed by atoms with Crippen molar-refractivity contribution in [3.05, 3.63) is 91.9 Å². The van der Waals surface area contributed by atoms with Gasteiger partial charge in [0.15, 0.2) is 0 Å². The first-order chi connectivity index (χ1) is 19.2. The van der Waals surface area contributed by atoms with Crippen molar-refractivity contribution in [3.8, 4) is 0 Å². The number of carbonyl (C=O) groups is 2. The van der Waals surface area contributed by atoms with E-state index < -0.39 is 34.4 Å². The average molecular weight is 659 g/mol. The van der Waals surface area contributed by atoms with Gasteiger partial charge in [0.05, 0.1) is 10.6 Å². The first-order valence-corrected chi connectivity index (χ1v) is 15.8. The Labute approximate surface area is 261 Å². The molecule has 0 spiro atoms. The lowest BCUT2D eigenvalue weighted by Crippen LogP contribution is -2.52. The van der Waals surface area contributed by atoms with Crippen LogP contribution in [0.1, 0.15) is 38.3 Å². The van der Waals surface area contributed by atoms with Crippen molar-refractivity contribution in [1.29, 1.82) is 0 Å². The van der Waals surface area contributed by atoms with Crippen LogP contribution in [0.25, 0.3) is 0 Å². The molecule has 220 valence electrons. The first kappa shape index (κ1) is 33.0. The molecule has 0 fully saturated rings.